The van der Waals surface area contributed by atoms with Gasteiger partial charge in [0.1, 0.15) is 5.82 Å². The third-order valence-corrected chi connectivity index (χ3v) is 3.76. The highest BCUT2D eigenvalue weighted by Crippen LogP contribution is 2.17. The molecule has 0 aromatic heterocycles. The monoisotopic (exact) mass is 372 g/mol. The van der Waals surface area contributed by atoms with E-state index in [0.29, 0.717) is 10.5 Å². The fraction of sp³-hybridized carbons (Fsp3) is 0.538. The lowest BCUT2D eigenvalue weighted by Crippen LogP contribution is -2.49. The smallest absolute Gasteiger partial charge is 0.137 e. The van der Waals surface area contributed by atoms with Crippen LogP contribution >= 0.6 is 40.7 Å². The molecule has 0 aliphatic carbocycles. The van der Waals surface area contributed by atoms with E-state index in [-0.39, 0.29) is 30.6 Å². The average molecular weight is 374 g/mol. The van der Waals surface area contributed by atoms with Crippen molar-refractivity contribution in [3.63, 3.8) is 0 Å². The van der Waals surface area contributed by atoms with Crippen LogP contribution in [-0.4, -0.2) is 37.1 Å². The number of benzene rings is 1. The predicted octanol–water partition coefficient (Wildman–Crippen LogP) is 3.27. The molecule has 1 fully saturated rings. The van der Waals surface area contributed by atoms with E-state index < -0.39 is 0 Å². The van der Waals surface area contributed by atoms with Crippen LogP contribution in [0.4, 0.5) is 4.39 Å². The van der Waals surface area contributed by atoms with Gasteiger partial charge in [-0.1, -0.05) is 6.07 Å². The molecule has 0 spiro atoms. The van der Waals surface area contributed by atoms with Crippen molar-refractivity contribution in [1.82, 2.24) is 10.2 Å². The van der Waals surface area contributed by atoms with Gasteiger partial charge >= 0.3 is 0 Å². The molecule has 2 nitrogen and oxygen atoms in total. The summed E-state index contributed by atoms with van der Waals surface area (Å²) < 4.78 is 13.6. The second kappa shape index (κ2) is 9.14. The maximum atomic E-state index is 13.1. The summed E-state index contributed by atoms with van der Waals surface area (Å²) in [6.45, 7) is 6.52. The van der Waals surface area contributed by atoms with Crippen molar-refractivity contribution >= 4 is 40.7 Å². The minimum atomic E-state index is -0.190. The predicted molar refractivity (Wildman–Crippen MR) is 86.2 cm³/mol. The summed E-state index contributed by atoms with van der Waals surface area (Å²) in [5, 5.41) is 3.43. The van der Waals surface area contributed by atoms with Gasteiger partial charge in [0.05, 0.1) is 4.47 Å². The van der Waals surface area contributed by atoms with Gasteiger partial charge in [0, 0.05) is 32.2 Å². The van der Waals surface area contributed by atoms with Gasteiger partial charge in [-0.3, -0.25) is 0 Å². The van der Waals surface area contributed by atoms with E-state index >= 15 is 0 Å². The van der Waals surface area contributed by atoms with Crippen LogP contribution in [0.15, 0.2) is 22.7 Å². The van der Waals surface area contributed by atoms with Crippen molar-refractivity contribution in [2.75, 3.05) is 26.2 Å². The first-order chi connectivity index (χ1) is 8.15. The first-order valence-corrected chi connectivity index (χ1v) is 6.84. The van der Waals surface area contributed by atoms with Gasteiger partial charge in [0.15, 0.2) is 0 Å². The van der Waals surface area contributed by atoms with Crippen LogP contribution in [0, 0.1) is 5.82 Å². The van der Waals surface area contributed by atoms with Gasteiger partial charge in [0.25, 0.3) is 0 Å². The van der Waals surface area contributed by atoms with Crippen molar-refractivity contribution in [2.24, 2.45) is 0 Å². The average Bonchev–Trinajstić information content (AvgIpc) is 2.31. The van der Waals surface area contributed by atoms with Crippen molar-refractivity contribution in [2.45, 2.75) is 19.4 Å². The minimum absolute atomic E-state index is 0. The van der Waals surface area contributed by atoms with E-state index in [1.165, 1.54) is 11.6 Å². The van der Waals surface area contributed by atoms with E-state index in [0.717, 1.165) is 32.6 Å². The molecule has 19 heavy (non-hydrogen) atoms. The first kappa shape index (κ1) is 19.1. The van der Waals surface area contributed by atoms with Gasteiger partial charge < -0.3 is 10.2 Å². The molecule has 1 aromatic rings. The van der Waals surface area contributed by atoms with Gasteiger partial charge in [-0.15, -0.1) is 24.8 Å². The molecule has 1 unspecified atom stereocenters. The van der Waals surface area contributed by atoms with Crippen LogP contribution in [0.1, 0.15) is 12.5 Å². The van der Waals surface area contributed by atoms with Crippen molar-refractivity contribution < 1.29 is 4.39 Å². The lowest BCUT2D eigenvalue weighted by Gasteiger charge is -2.31. The molecule has 0 radical (unpaired) electrons. The second-order valence-electron chi connectivity index (χ2n) is 4.65. The molecule has 0 amide bonds. The van der Waals surface area contributed by atoms with E-state index in [9.17, 15) is 4.39 Å². The molecule has 1 saturated heterocycles. The number of hydrogen-bond acceptors (Lipinski definition) is 2. The number of hydrogen-bond donors (Lipinski definition) is 1. The maximum absolute atomic E-state index is 13.1. The zero-order chi connectivity index (χ0) is 12.3. The highest BCUT2D eigenvalue weighted by molar-refractivity contribution is 9.10. The molecular weight excluding hydrogens is 354 g/mol. The van der Waals surface area contributed by atoms with E-state index in [2.05, 4.69) is 33.1 Å². The van der Waals surface area contributed by atoms with Crippen LogP contribution < -0.4 is 5.32 Å². The van der Waals surface area contributed by atoms with E-state index in [4.69, 9.17) is 0 Å². The Morgan fingerprint density at radius 3 is 2.79 bits per heavy atom. The van der Waals surface area contributed by atoms with Gasteiger partial charge in [-0.05, 0) is 47.0 Å². The van der Waals surface area contributed by atoms with Gasteiger partial charge in [-0.25, -0.2) is 4.39 Å². The number of nitrogens with one attached hydrogen (secondary N) is 1. The Balaban J connectivity index is 0.00000162. The number of halogens is 4. The third kappa shape index (κ3) is 5.96. The molecule has 6 heteroatoms. The summed E-state index contributed by atoms with van der Waals surface area (Å²) >= 11 is 3.22. The summed E-state index contributed by atoms with van der Waals surface area (Å²) in [5.74, 6) is -0.190. The van der Waals surface area contributed by atoms with Crippen LogP contribution in [-0.2, 0) is 6.42 Å². The lowest BCUT2D eigenvalue weighted by molar-refractivity contribution is 0.209. The quantitative estimate of drug-likeness (QED) is 0.874. The summed E-state index contributed by atoms with van der Waals surface area (Å²) in [6.07, 6.45) is 0.978. The highest BCUT2D eigenvalue weighted by atomic mass is 79.9. The summed E-state index contributed by atoms with van der Waals surface area (Å²) in [4.78, 5) is 2.46. The first-order valence-electron chi connectivity index (χ1n) is 6.05. The molecule has 1 atom stereocenters. The zero-order valence-electron chi connectivity index (χ0n) is 10.9. The van der Waals surface area contributed by atoms with Crippen molar-refractivity contribution in [1.29, 1.82) is 0 Å². The fourth-order valence-electron chi connectivity index (χ4n) is 2.20. The zero-order valence-corrected chi connectivity index (χ0v) is 14.1. The third-order valence-electron chi connectivity index (χ3n) is 3.15. The van der Waals surface area contributed by atoms with E-state index in [1.807, 2.05) is 12.1 Å². The van der Waals surface area contributed by atoms with Crippen molar-refractivity contribution in [3.8, 4) is 0 Å². The number of piperazine rings is 1. The number of nitrogens with zero attached hydrogens (tertiary/aromatic N) is 1. The van der Waals surface area contributed by atoms with Crippen LogP contribution in [0.3, 0.4) is 0 Å². The Labute approximate surface area is 135 Å². The molecular formula is C13H20BrCl2FN2. The minimum Gasteiger partial charge on any atom is -0.312 e. The SMILES string of the molecule is CC1CN(CCc2ccc(F)c(Br)c2)CCN1.Cl.Cl. The molecule has 1 aromatic carbocycles. The van der Waals surface area contributed by atoms with Gasteiger partial charge in [-0.2, -0.15) is 0 Å². The Morgan fingerprint density at radius 1 is 1.42 bits per heavy atom. The summed E-state index contributed by atoms with van der Waals surface area (Å²) in [7, 11) is 0. The Hall–Kier alpha value is 0.130. The largest absolute Gasteiger partial charge is 0.312 e. The second-order valence-corrected chi connectivity index (χ2v) is 5.51. The highest BCUT2D eigenvalue weighted by Gasteiger charge is 2.14. The van der Waals surface area contributed by atoms with E-state index in [1.54, 1.807) is 0 Å². The molecule has 110 valence electrons. The summed E-state index contributed by atoms with van der Waals surface area (Å²) in [5.41, 5.74) is 1.18. The molecule has 1 N–H and O–H groups in total. The Morgan fingerprint density at radius 2 is 2.16 bits per heavy atom. The fourth-order valence-corrected chi connectivity index (χ4v) is 2.62. The lowest BCUT2D eigenvalue weighted by atomic mass is 10.1. The number of rotatable bonds is 3. The van der Waals surface area contributed by atoms with Crippen LogP contribution in [0.25, 0.3) is 0 Å². The summed E-state index contributed by atoms with van der Waals surface area (Å²) in [6, 6.07) is 5.84. The molecule has 1 heterocycles. The maximum Gasteiger partial charge on any atom is 0.137 e. The molecule has 2 rings (SSSR count). The topological polar surface area (TPSA) is 15.3 Å². The normalized spacial score (nSPS) is 19.4. The van der Waals surface area contributed by atoms with Crippen LogP contribution in [0.2, 0.25) is 0 Å². The molecule has 0 saturated carbocycles. The van der Waals surface area contributed by atoms with Gasteiger partial charge in [0.2, 0.25) is 0 Å². The molecule has 1 aliphatic heterocycles. The van der Waals surface area contributed by atoms with Crippen LogP contribution in [0.5, 0.6) is 0 Å². The standard InChI is InChI=1S/C13H18BrFN2.2ClH/c1-10-9-17(7-5-16-10)6-4-11-2-3-13(15)12(14)8-11;;/h2-3,8,10,16H,4-7,9H2,1H3;2*1H. The Kier molecular flexibility index (Phi) is 9.20. The van der Waals surface area contributed by atoms with Crippen molar-refractivity contribution in [3.05, 3.63) is 34.1 Å². The molecule has 0 bridgehead atoms. The molecule has 1 aliphatic rings. The Bertz CT molecular complexity index is 393.